The lowest BCUT2D eigenvalue weighted by molar-refractivity contribution is 0.282. The highest BCUT2D eigenvalue weighted by Gasteiger charge is 2.20. The van der Waals surface area contributed by atoms with Crippen molar-refractivity contribution in [3.8, 4) is 5.75 Å². The van der Waals surface area contributed by atoms with Gasteiger partial charge in [0.1, 0.15) is 18.2 Å². The van der Waals surface area contributed by atoms with Crippen molar-refractivity contribution in [2.45, 2.75) is 18.9 Å². The molecule has 1 saturated heterocycles. The van der Waals surface area contributed by atoms with Crippen LogP contribution in [0.25, 0.3) is 43.6 Å². The number of nitrogens with one attached hydrogen (secondary N) is 3. The van der Waals surface area contributed by atoms with E-state index >= 15 is 0 Å². The number of benzene rings is 3. The highest BCUT2D eigenvalue weighted by molar-refractivity contribution is 6.20. The van der Waals surface area contributed by atoms with Gasteiger partial charge in [-0.2, -0.15) is 0 Å². The summed E-state index contributed by atoms with van der Waals surface area (Å²) in [4.78, 5) is 6.78. The van der Waals surface area contributed by atoms with Crippen molar-refractivity contribution in [1.82, 2.24) is 15.3 Å². The van der Waals surface area contributed by atoms with E-state index in [9.17, 15) is 8.78 Å². The summed E-state index contributed by atoms with van der Waals surface area (Å²) >= 11 is 0. The molecule has 0 spiro atoms. The maximum Gasteiger partial charge on any atom is 0.167 e. The minimum absolute atomic E-state index is 0.291. The third-order valence-corrected chi connectivity index (χ3v) is 5.94. The van der Waals surface area contributed by atoms with E-state index in [1.54, 1.807) is 12.1 Å². The van der Waals surface area contributed by atoms with Crippen LogP contribution >= 0.6 is 0 Å². The number of hydrogen-bond acceptors (Lipinski definition) is 2. The summed E-state index contributed by atoms with van der Waals surface area (Å²) in [5, 5.41) is 6.76. The fourth-order valence-electron chi connectivity index (χ4n) is 4.52. The van der Waals surface area contributed by atoms with Crippen molar-refractivity contribution in [1.29, 1.82) is 0 Å². The van der Waals surface area contributed by atoms with Gasteiger partial charge in [0.2, 0.25) is 0 Å². The van der Waals surface area contributed by atoms with Gasteiger partial charge in [-0.25, -0.2) is 8.78 Å². The Bertz CT molecular complexity index is 1300. The average molecular weight is 391 g/mol. The molecule has 0 aliphatic carbocycles. The number of aromatic nitrogens is 2. The fourth-order valence-corrected chi connectivity index (χ4v) is 4.52. The van der Waals surface area contributed by atoms with Gasteiger partial charge in [-0.3, -0.25) is 0 Å². The molecule has 3 heterocycles. The van der Waals surface area contributed by atoms with E-state index in [4.69, 9.17) is 4.74 Å². The van der Waals surface area contributed by atoms with Crippen molar-refractivity contribution < 1.29 is 13.5 Å². The molecule has 1 aliphatic rings. The summed E-state index contributed by atoms with van der Waals surface area (Å²) in [5.41, 5.74) is 3.33. The van der Waals surface area contributed by atoms with Gasteiger partial charge in [-0.05, 0) is 61.9 Å². The Balaban J connectivity index is 1.66. The topological polar surface area (TPSA) is 52.8 Å². The number of fused-ring (bicyclic) bond motifs is 6. The van der Waals surface area contributed by atoms with Gasteiger partial charge < -0.3 is 20.0 Å². The first-order valence-electron chi connectivity index (χ1n) is 9.88. The van der Waals surface area contributed by atoms with E-state index in [0.717, 1.165) is 63.0 Å². The van der Waals surface area contributed by atoms with Crippen molar-refractivity contribution in [3.05, 3.63) is 54.1 Å². The van der Waals surface area contributed by atoms with Gasteiger partial charge in [0.25, 0.3) is 0 Å². The van der Waals surface area contributed by atoms with Crippen LogP contribution in [0.3, 0.4) is 0 Å². The number of H-pyrrole nitrogens is 2. The number of aromatic amines is 2. The molecule has 6 heteroatoms. The molecular formula is C23H19F2N3O. The molecule has 0 radical (unpaired) electrons. The van der Waals surface area contributed by atoms with E-state index in [2.05, 4.69) is 15.3 Å². The predicted molar refractivity (Wildman–Crippen MR) is 112 cm³/mol. The van der Waals surface area contributed by atoms with Gasteiger partial charge >= 0.3 is 0 Å². The molecule has 29 heavy (non-hydrogen) atoms. The van der Waals surface area contributed by atoms with Gasteiger partial charge in [0.15, 0.2) is 5.75 Å². The number of halogens is 2. The Kier molecular flexibility index (Phi) is 3.59. The van der Waals surface area contributed by atoms with Crippen molar-refractivity contribution >= 4 is 43.6 Å². The Hall–Kier alpha value is -3.12. The number of ether oxygens (including phenoxy) is 1. The number of hydrogen-bond donors (Lipinski definition) is 3. The molecule has 3 N–H and O–H groups in total. The lowest BCUT2D eigenvalue weighted by Crippen LogP contribution is -2.28. The standard InChI is InChI=1S/C23H19F2N3O/c24-12-3-5-19-15(8-12)17-10-18-16-9-13(25)4-6-20(16)28-22(18)23(21(17)27-19)29-11-14-2-1-7-26-14/h3-6,8-10,14,26-28H,1-2,7,11H2/t14-/m0/s1. The molecule has 0 unspecified atom stereocenters. The summed E-state index contributed by atoms with van der Waals surface area (Å²) in [7, 11) is 0. The Morgan fingerprint density at radius 3 is 2.00 bits per heavy atom. The number of rotatable bonds is 3. The van der Waals surface area contributed by atoms with Crippen LogP contribution < -0.4 is 10.1 Å². The van der Waals surface area contributed by atoms with E-state index in [-0.39, 0.29) is 11.6 Å². The summed E-state index contributed by atoms with van der Waals surface area (Å²) in [5.74, 6) is 0.113. The quantitative estimate of drug-likeness (QED) is 0.388. The zero-order valence-corrected chi connectivity index (χ0v) is 15.6. The molecule has 146 valence electrons. The molecule has 0 bridgehead atoms. The van der Waals surface area contributed by atoms with Crippen LogP contribution in [0.4, 0.5) is 8.78 Å². The normalized spacial score (nSPS) is 17.2. The zero-order valence-electron chi connectivity index (χ0n) is 15.6. The van der Waals surface area contributed by atoms with E-state index in [1.807, 2.05) is 6.07 Å². The molecular weight excluding hydrogens is 372 g/mol. The van der Waals surface area contributed by atoms with Gasteiger partial charge in [0.05, 0.1) is 11.0 Å². The van der Waals surface area contributed by atoms with Gasteiger partial charge in [0, 0.05) is 38.6 Å². The monoisotopic (exact) mass is 391 g/mol. The third-order valence-electron chi connectivity index (χ3n) is 5.94. The van der Waals surface area contributed by atoms with E-state index < -0.39 is 0 Å². The Labute approximate surface area is 164 Å². The Morgan fingerprint density at radius 1 is 0.828 bits per heavy atom. The fraction of sp³-hybridized carbons (Fsp3) is 0.217. The highest BCUT2D eigenvalue weighted by atomic mass is 19.1. The SMILES string of the molecule is Fc1ccc2[nH]c3c(OC[C@@H]4CCCN4)c4[nH]c5ccc(F)cc5c4cc3c2c1. The largest absolute Gasteiger partial charge is 0.488 e. The second-order valence-corrected chi connectivity index (χ2v) is 7.78. The molecule has 3 aromatic carbocycles. The van der Waals surface area contributed by atoms with Crippen LogP contribution in [-0.4, -0.2) is 29.2 Å². The lowest BCUT2D eigenvalue weighted by atomic mass is 10.1. The first kappa shape index (κ1) is 16.8. The van der Waals surface area contributed by atoms with Gasteiger partial charge in [-0.15, -0.1) is 0 Å². The van der Waals surface area contributed by atoms with Crippen LogP contribution in [-0.2, 0) is 0 Å². The summed E-state index contributed by atoms with van der Waals surface area (Å²) in [6, 6.07) is 11.7. The van der Waals surface area contributed by atoms with E-state index in [0.29, 0.717) is 18.4 Å². The highest BCUT2D eigenvalue weighted by Crippen LogP contribution is 2.41. The molecule has 1 fully saturated rings. The molecule has 4 nitrogen and oxygen atoms in total. The van der Waals surface area contributed by atoms with Crippen LogP contribution in [0.1, 0.15) is 12.8 Å². The van der Waals surface area contributed by atoms with Crippen LogP contribution in [0.5, 0.6) is 5.75 Å². The molecule has 1 aliphatic heterocycles. The minimum Gasteiger partial charge on any atom is -0.488 e. The van der Waals surface area contributed by atoms with Gasteiger partial charge in [-0.1, -0.05) is 0 Å². The lowest BCUT2D eigenvalue weighted by Gasteiger charge is -2.14. The summed E-state index contributed by atoms with van der Waals surface area (Å²) < 4.78 is 34.2. The van der Waals surface area contributed by atoms with Crippen molar-refractivity contribution in [2.75, 3.05) is 13.2 Å². The van der Waals surface area contributed by atoms with Crippen LogP contribution in [0.15, 0.2) is 42.5 Å². The summed E-state index contributed by atoms with van der Waals surface area (Å²) in [6.07, 6.45) is 2.22. The predicted octanol–water partition coefficient (Wildman–Crippen LogP) is 5.36. The van der Waals surface area contributed by atoms with E-state index in [1.165, 1.54) is 24.3 Å². The second-order valence-electron chi connectivity index (χ2n) is 7.78. The first-order valence-corrected chi connectivity index (χ1v) is 9.88. The first-order chi connectivity index (χ1) is 14.2. The maximum atomic E-state index is 13.9. The molecule has 1 atom stereocenters. The van der Waals surface area contributed by atoms with Crippen LogP contribution in [0, 0.1) is 11.6 Å². The van der Waals surface area contributed by atoms with Crippen LogP contribution in [0.2, 0.25) is 0 Å². The average Bonchev–Trinajstić information content (AvgIpc) is 3.43. The third kappa shape index (κ3) is 2.59. The summed E-state index contributed by atoms with van der Waals surface area (Å²) in [6.45, 7) is 1.55. The van der Waals surface area contributed by atoms with Crippen molar-refractivity contribution in [2.24, 2.45) is 0 Å². The second kappa shape index (κ2) is 6.19. The molecule has 0 amide bonds. The molecule has 2 aromatic heterocycles. The smallest absolute Gasteiger partial charge is 0.167 e. The minimum atomic E-state index is -0.291. The maximum absolute atomic E-state index is 13.9. The molecule has 0 saturated carbocycles. The van der Waals surface area contributed by atoms with Crippen molar-refractivity contribution in [3.63, 3.8) is 0 Å². The zero-order chi connectivity index (χ0) is 19.5. The molecule has 6 rings (SSSR count). The molecule has 5 aromatic rings. The Morgan fingerprint density at radius 2 is 1.45 bits per heavy atom.